The maximum Gasteiger partial charge on any atom is 0.341 e. The van der Waals surface area contributed by atoms with Gasteiger partial charge in [0.2, 0.25) is 0 Å². The number of aromatic amines is 1. The smallest absolute Gasteiger partial charge is 0.341 e. The number of allylic oxidation sites excluding steroid dienone is 1. The van der Waals surface area contributed by atoms with E-state index in [2.05, 4.69) is 52.7 Å². The molecule has 2 fully saturated rings. The quantitative estimate of drug-likeness (QED) is 0.208. The third-order valence-electron chi connectivity index (χ3n) is 10.6. The van der Waals surface area contributed by atoms with Gasteiger partial charge in [-0.2, -0.15) is 0 Å². The molecule has 234 valence electrons. The molecule has 0 amide bonds. The molecule has 3 heterocycles. The van der Waals surface area contributed by atoms with E-state index in [0.717, 1.165) is 54.3 Å². The van der Waals surface area contributed by atoms with E-state index in [1.807, 2.05) is 42.6 Å². The Bertz CT molecular complexity index is 1770. The Morgan fingerprint density at radius 2 is 1.87 bits per heavy atom. The van der Waals surface area contributed by atoms with Crippen LogP contribution in [0.5, 0.6) is 11.5 Å². The fraction of sp³-hybridized carbons (Fsp3) is 0.405. The van der Waals surface area contributed by atoms with Crippen LogP contribution in [-0.2, 0) is 4.74 Å². The van der Waals surface area contributed by atoms with Crippen LogP contribution < -0.4 is 9.64 Å². The fourth-order valence-electron chi connectivity index (χ4n) is 7.50. The number of carbonyl (C=O) groups excluding carboxylic acids is 1. The van der Waals surface area contributed by atoms with E-state index in [1.165, 1.54) is 37.5 Å². The second-order valence-electron chi connectivity index (χ2n) is 13.7. The summed E-state index contributed by atoms with van der Waals surface area (Å²) < 4.78 is 11.3. The molecule has 1 saturated carbocycles. The lowest BCUT2D eigenvalue weighted by molar-refractivity contribution is 0.0598. The van der Waals surface area contributed by atoms with Gasteiger partial charge in [0.25, 0.3) is 0 Å². The molecule has 1 saturated heterocycles. The lowest BCUT2D eigenvalue weighted by Crippen LogP contribution is -2.52. The molecule has 8 heteroatoms. The number of pyridine rings is 1. The van der Waals surface area contributed by atoms with Crippen LogP contribution in [-0.4, -0.2) is 60.2 Å². The Morgan fingerprint density at radius 1 is 1.07 bits per heavy atom. The van der Waals surface area contributed by atoms with Gasteiger partial charge >= 0.3 is 5.97 Å². The van der Waals surface area contributed by atoms with Crippen LogP contribution in [0.1, 0.15) is 62.4 Å². The molecule has 0 radical (unpaired) electrons. The number of hydrogen-bond acceptors (Lipinski definition) is 6. The van der Waals surface area contributed by atoms with Crippen molar-refractivity contribution in [2.75, 3.05) is 38.2 Å². The average Bonchev–Trinajstić information content (AvgIpc) is 3.67. The van der Waals surface area contributed by atoms with Crippen LogP contribution >= 0.6 is 11.6 Å². The molecule has 3 aliphatic rings. The number of carbonyl (C=O) groups is 1. The van der Waals surface area contributed by atoms with Gasteiger partial charge in [0.05, 0.1) is 13.3 Å². The molecule has 7 nitrogen and oxygen atoms in total. The molecule has 4 aromatic rings. The zero-order valence-electron chi connectivity index (χ0n) is 26.5. The number of nitrogens with zero attached hydrogens (tertiary/aromatic N) is 3. The number of halogens is 1. The number of benzene rings is 2. The SMILES string of the molecule is COC(=O)c1ccc(N2CCN(CC3=C(c4ccc(Cl)cc4)CC(C)(C)C4(CC4)C3)[C@H](C)C2)cc1Oc1cnc2[nH]ccc2c1. The number of nitrogens with one attached hydrogen (secondary N) is 1. The summed E-state index contributed by atoms with van der Waals surface area (Å²) in [5.41, 5.74) is 7.37. The minimum absolute atomic E-state index is 0.301. The van der Waals surface area contributed by atoms with Gasteiger partial charge in [-0.15, -0.1) is 0 Å². The highest BCUT2D eigenvalue weighted by atomic mass is 35.5. The minimum atomic E-state index is -0.431. The summed E-state index contributed by atoms with van der Waals surface area (Å²) in [6.07, 6.45) is 8.48. The Labute approximate surface area is 270 Å². The van der Waals surface area contributed by atoms with Crippen molar-refractivity contribution in [1.82, 2.24) is 14.9 Å². The third kappa shape index (κ3) is 5.72. The maximum absolute atomic E-state index is 12.6. The summed E-state index contributed by atoms with van der Waals surface area (Å²) >= 11 is 6.27. The highest BCUT2D eigenvalue weighted by molar-refractivity contribution is 6.30. The number of rotatable bonds is 7. The average molecular weight is 625 g/mol. The molecule has 0 bridgehead atoms. The maximum atomic E-state index is 12.6. The van der Waals surface area contributed by atoms with Crippen molar-refractivity contribution < 1.29 is 14.3 Å². The Hall–Kier alpha value is -3.81. The highest BCUT2D eigenvalue weighted by Crippen LogP contribution is 2.67. The zero-order valence-corrected chi connectivity index (χ0v) is 27.3. The summed E-state index contributed by atoms with van der Waals surface area (Å²) in [6.45, 7) is 11.0. The third-order valence-corrected chi connectivity index (χ3v) is 10.8. The van der Waals surface area contributed by atoms with Crippen molar-refractivity contribution in [2.24, 2.45) is 10.8 Å². The Balaban J connectivity index is 1.11. The molecular weight excluding hydrogens is 584 g/mol. The molecular formula is C37H41ClN4O3. The number of piperazine rings is 1. The molecule has 1 aliphatic heterocycles. The van der Waals surface area contributed by atoms with Gasteiger partial charge in [-0.05, 0) is 91.0 Å². The van der Waals surface area contributed by atoms with Gasteiger partial charge in [-0.3, -0.25) is 4.90 Å². The lowest BCUT2D eigenvalue weighted by Gasteiger charge is -2.45. The minimum Gasteiger partial charge on any atom is -0.465 e. The summed E-state index contributed by atoms with van der Waals surface area (Å²) in [6, 6.07) is 18.4. The van der Waals surface area contributed by atoms with Crippen LogP contribution in [0.15, 0.2) is 72.6 Å². The number of H-pyrrole nitrogens is 1. The number of anilines is 1. The van der Waals surface area contributed by atoms with Crippen molar-refractivity contribution in [3.8, 4) is 11.5 Å². The highest BCUT2D eigenvalue weighted by Gasteiger charge is 2.56. The van der Waals surface area contributed by atoms with E-state index in [1.54, 1.807) is 17.8 Å². The second kappa shape index (κ2) is 11.5. The van der Waals surface area contributed by atoms with Crippen molar-refractivity contribution in [2.45, 2.75) is 52.5 Å². The van der Waals surface area contributed by atoms with E-state index >= 15 is 0 Å². The first kappa shape index (κ1) is 29.9. The van der Waals surface area contributed by atoms with E-state index < -0.39 is 5.97 Å². The van der Waals surface area contributed by atoms with Crippen LogP contribution in [0.4, 0.5) is 5.69 Å². The van der Waals surface area contributed by atoms with Gasteiger partial charge in [-0.25, -0.2) is 9.78 Å². The van der Waals surface area contributed by atoms with Crippen molar-refractivity contribution in [3.05, 3.63) is 88.7 Å². The van der Waals surface area contributed by atoms with Gasteiger partial charge in [0.15, 0.2) is 0 Å². The van der Waals surface area contributed by atoms with E-state index in [-0.39, 0.29) is 0 Å². The molecule has 1 spiro atoms. The fourth-order valence-corrected chi connectivity index (χ4v) is 7.63. The predicted octanol–water partition coefficient (Wildman–Crippen LogP) is 8.36. The summed E-state index contributed by atoms with van der Waals surface area (Å²) in [4.78, 5) is 25.2. The van der Waals surface area contributed by atoms with Crippen molar-refractivity contribution in [3.63, 3.8) is 0 Å². The van der Waals surface area contributed by atoms with Gasteiger partial charge in [0.1, 0.15) is 22.7 Å². The monoisotopic (exact) mass is 624 g/mol. The molecule has 1 atom stereocenters. The first-order valence-corrected chi connectivity index (χ1v) is 16.3. The van der Waals surface area contributed by atoms with E-state index in [0.29, 0.717) is 33.9 Å². The van der Waals surface area contributed by atoms with Crippen LogP contribution in [0.25, 0.3) is 16.6 Å². The first-order chi connectivity index (χ1) is 21.6. The van der Waals surface area contributed by atoms with Crippen molar-refractivity contribution in [1.29, 1.82) is 0 Å². The summed E-state index contributed by atoms with van der Waals surface area (Å²) in [5.74, 6) is 0.596. The second-order valence-corrected chi connectivity index (χ2v) is 14.2. The van der Waals surface area contributed by atoms with Crippen molar-refractivity contribution >= 4 is 39.9 Å². The number of aromatic nitrogens is 2. The van der Waals surface area contributed by atoms with Gasteiger partial charge in [-0.1, -0.05) is 43.2 Å². The summed E-state index contributed by atoms with van der Waals surface area (Å²) in [7, 11) is 1.39. The predicted molar refractivity (Wildman–Crippen MR) is 180 cm³/mol. The Kier molecular flexibility index (Phi) is 7.65. The number of fused-ring (bicyclic) bond motifs is 1. The van der Waals surface area contributed by atoms with E-state index in [9.17, 15) is 4.79 Å². The number of ether oxygens (including phenoxy) is 2. The molecule has 7 rings (SSSR count). The van der Waals surface area contributed by atoms with Crippen LogP contribution in [0.2, 0.25) is 5.02 Å². The first-order valence-electron chi connectivity index (χ1n) is 15.9. The normalized spacial score (nSPS) is 20.9. The largest absolute Gasteiger partial charge is 0.465 e. The van der Waals surface area contributed by atoms with Gasteiger partial charge < -0.3 is 19.4 Å². The molecule has 1 N–H and O–H groups in total. The van der Waals surface area contributed by atoms with Crippen LogP contribution in [0.3, 0.4) is 0 Å². The zero-order chi connectivity index (χ0) is 31.3. The number of esters is 1. The molecule has 2 aromatic carbocycles. The molecule has 2 aromatic heterocycles. The molecule has 0 unspecified atom stereocenters. The van der Waals surface area contributed by atoms with Crippen LogP contribution in [0, 0.1) is 10.8 Å². The van der Waals surface area contributed by atoms with E-state index in [4.69, 9.17) is 21.1 Å². The number of methoxy groups -OCH3 is 1. The molecule has 2 aliphatic carbocycles. The standard InChI is InChI=1S/C37H41ClN4O3/c1-24-22-42(29-9-10-31(35(43)44-4)33(18-29)45-30-17-26-11-14-39-34(26)40-21-30)16-15-41(24)23-27-19-37(12-13-37)36(2,3)20-32(27)25-5-7-28(38)8-6-25/h5-11,14,17-18,21,24H,12-13,15-16,19-20,22-23H2,1-4H3,(H,39,40)/t24-/m1/s1. The summed E-state index contributed by atoms with van der Waals surface area (Å²) in [5, 5.41) is 1.72. The lowest BCUT2D eigenvalue weighted by atomic mass is 9.63. The molecule has 45 heavy (non-hydrogen) atoms. The number of hydrogen-bond donors (Lipinski definition) is 1. The topological polar surface area (TPSA) is 70.7 Å². The van der Waals surface area contributed by atoms with Gasteiger partial charge in [0, 0.05) is 60.6 Å². The Morgan fingerprint density at radius 3 is 2.60 bits per heavy atom.